The van der Waals surface area contributed by atoms with Gasteiger partial charge in [0.2, 0.25) is 0 Å². The lowest BCUT2D eigenvalue weighted by Gasteiger charge is -2.06. The molecule has 0 amide bonds. The molecule has 0 bridgehead atoms. The van der Waals surface area contributed by atoms with Crippen LogP contribution in [0.15, 0.2) is 12.1 Å². The van der Waals surface area contributed by atoms with E-state index in [4.69, 9.17) is 10.2 Å². The Morgan fingerprint density at radius 2 is 2.00 bits per heavy atom. The molecule has 0 spiro atoms. The zero-order valence-electron chi connectivity index (χ0n) is 7.11. The first-order valence-corrected chi connectivity index (χ1v) is 3.73. The Morgan fingerprint density at radius 1 is 1.38 bits per heavy atom. The van der Waals surface area contributed by atoms with Gasteiger partial charge in [-0.05, 0) is 18.6 Å². The lowest BCUT2D eigenvalue weighted by atomic mass is 10.0. The van der Waals surface area contributed by atoms with Crippen LogP contribution in [0.1, 0.15) is 15.9 Å². The van der Waals surface area contributed by atoms with Crippen molar-refractivity contribution in [1.82, 2.24) is 0 Å². The Bertz CT molecular complexity index is 320. The first-order chi connectivity index (χ1) is 6.06. The van der Waals surface area contributed by atoms with Gasteiger partial charge in [0.1, 0.15) is 18.1 Å². The van der Waals surface area contributed by atoms with Crippen LogP contribution in [0.3, 0.4) is 0 Å². The smallest absolute Gasteiger partial charge is 0.192 e. The standard InChI is InChI=1S/C9H10O4/c1-5-2-6(11)3-7(12)9(5)8(13)4-10/h2-3,10-12H,4H2,1H3. The van der Waals surface area contributed by atoms with E-state index >= 15 is 0 Å². The van der Waals surface area contributed by atoms with Crippen molar-refractivity contribution in [2.75, 3.05) is 6.61 Å². The van der Waals surface area contributed by atoms with Gasteiger partial charge in [0.25, 0.3) is 0 Å². The number of aryl methyl sites for hydroxylation is 1. The summed E-state index contributed by atoms with van der Waals surface area (Å²) >= 11 is 0. The molecule has 0 radical (unpaired) electrons. The lowest BCUT2D eigenvalue weighted by Crippen LogP contribution is -2.06. The molecule has 0 atom stereocenters. The van der Waals surface area contributed by atoms with Crippen LogP contribution in [0, 0.1) is 6.92 Å². The zero-order chi connectivity index (χ0) is 10.0. The highest BCUT2D eigenvalue weighted by molar-refractivity contribution is 6.00. The van der Waals surface area contributed by atoms with Crippen molar-refractivity contribution in [3.8, 4) is 11.5 Å². The third-order valence-corrected chi connectivity index (χ3v) is 1.72. The van der Waals surface area contributed by atoms with E-state index in [-0.39, 0.29) is 17.1 Å². The molecule has 0 unspecified atom stereocenters. The molecular formula is C9H10O4. The van der Waals surface area contributed by atoms with E-state index in [2.05, 4.69) is 0 Å². The molecular weight excluding hydrogens is 172 g/mol. The number of aliphatic hydroxyl groups is 1. The minimum Gasteiger partial charge on any atom is -0.508 e. The number of aromatic hydroxyl groups is 2. The highest BCUT2D eigenvalue weighted by atomic mass is 16.3. The number of phenolic OH excluding ortho intramolecular Hbond substituents is 2. The van der Waals surface area contributed by atoms with Crippen molar-refractivity contribution in [3.05, 3.63) is 23.3 Å². The minimum atomic E-state index is -0.654. The van der Waals surface area contributed by atoms with Gasteiger partial charge in [0.05, 0.1) is 5.56 Å². The number of phenols is 2. The van der Waals surface area contributed by atoms with E-state index in [0.717, 1.165) is 6.07 Å². The fourth-order valence-electron chi connectivity index (χ4n) is 1.19. The first kappa shape index (κ1) is 9.54. The van der Waals surface area contributed by atoms with Crippen LogP contribution in [-0.2, 0) is 0 Å². The van der Waals surface area contributed by atoms with Gasteiger partial charge in [0.15, 0.2) is 5.78 Å². The van der Waals surface area contributed by atoms with Crippen molar-refractivity contribution < 1.29 is 20.1 Å². The van der Waals surface area contributed by atoms with Gasteiger partial charge >= 0.3 is 0 Å². The molecule has 13 heavy (non-hydrogen) atoms. The largest absolute Gasteiger partial charge is 0.508 e. The number of ketones is 1. The molecule has 1 aromatic rings. The molecule has 4 nitrogen and oxygen atoms in total. The summed E-state index contributed by atoms with van der Waals surface area (Å²) in [5, 5.41) is 26.9. The first-order valence-electron chi connectivity index (χ1n) is 3.73. The zero-order valence-corrected chi connectivity index (χ0v) is 7.11. The fraction of sp³-hybridized carbons (Fsp3) is 0.222. The Hall–Kier alpha value is -1.55. The summed E-state index contributed by atoms with van der Waals surface area (Å²) in [6.07, 6.45) is 0. The summed E-state index contributed by atoms with van der Waals surface area (Å²) in [6.45, 7) is 0.918. The van der Waals surface area contributed by atoms with Gasteiger partial charge in [-0.15, -0.1) is 0 Å². The highest BCUT2D eigenvalue weighted by Gasteiger charge is 2.13. The van der Waals surface area contributed by atoms with Crippen molar-refractivity contribution in [3.63, 3.8) is 0 Å². The van der Waals surface area contributed by atoms with Gasteiger partial charge in [-0.3, -0.25) is 4.79 Å². The highest BCUT2D eigenvalue weighted by Crippen LogP contribution is 2.26. The van der Waals surface area contributed by atoms with E-state index in [9.17, 15) is 9.90 Å². The molecule has 1 aromatic carbocycles. The number of aliphatic hydroxyl groups excluding tert-OH is 1. The predicted molar refractivity (Wildman–Crippen MR) is 45.9 cm³/mol. The summed E-state index contributed by atoms with van der Waals surface area (Å²) in [4.78, 5) is 11.1. The maximum absolute atomic E-state index is 11.1. The summed E-state index contributed by atoms with van der Waals surface area (Å²) in [7, 11) is 0. The molecule has 1 rings (SSSR count). The van der Waals surface area contributed by atoms with Gasteiger partial charge < -0.3 is 15.3 Å². The second kappa shape index (κ2) is 3.45. The molecule has 0 aliphatic heterocycles. The third kappa shape index (κ3) is 1.78. The summed E-state index contributed by atoms with van der Waals surface area (Å²) < 4.78 is 0. The second-order valence-electron chi connectivity index (χ2n) is 2.74. The normalized spacial score (nSPS) is 10.0. The summed E-state index contributed by atoms with van der Waals surface area (Å²) in [6, 6.07) is 2.42. The van der Waals surface area contributed by atoms with Gasteiger partial charge in [-0.25, -0.2) is 0 Å². The van der Waals surface area contributed by atoms with Crippen molar-refractivity contribution in [2.45, 2.75) is 6.92 Å². The maximum atomic E-state index is 11.1. The molecule has 4 heteroatoms. The van der Waals surface area contributed by atoms with Crippen LogP contribution >= 0.6 is 0 Å². The Labute approximate surface area is 75.1 Å². The molecule has 0 fully saturated rings. The van der Waals surface area contributed by atoms with E-state index in [1.165, 1.54) is 6.07 Å². The maximum Gasteiger partial charge on any atom is 0.192 e. The van der Waals surface area contributed by atoms with Crippen LogP contribution in [0.5, 0.6) is 11.5 Å². The predicted octanol–water partition coefficient (Wildman–Crippen LogP) is 0.581. The van der Waals surface area contributed by atoms with Crippen LogP contribution in [0.25, 0.3) is 0 Å². The van der Waals surface area contributed by atoms with E-state index in [0.29, 0.717) is 5.56 Å². The average molecular weight is 182 g/mol. The third-order valence-electron chi connectivity index (χ3n) is 1.72. The number of carbonyl (C=O) groups is 1. The van der Waals surface area contributed by atoms with Crippen LogP contribution in [-0.4, -0.2) is 27.7 Å². The number of Topliss-reactive ketones (excluding diaryl/α,β-unsaturated/α-hetero) is 1. The number of benzene rings is 1. The van der Waals surface area contributed by atoms with E-state index in [1.807, 2.05) is 0 Å². The van der Waals surface area contributed by atoms with Gasteiger partial charge in [0, 0.05) is 6.07 Å². The number of carbonyl (C=O) groups excluding carboxylic acids is 1. The monoisotopic (exact) mass is 182 g/mol. The fourth-order valence-corrected chi connectivity index (χ4v) is 1.19. The topological polar surface area (TPSA) is 77.8 Å². The Morgan fingerprint density at radius 3 is 2.46 bits per heavy atom. The summed E-state index contributed by atoms with van der Waals surface area (Å²) in [5.41, 5.74) is 0.497. The molecule has 0 aromatic heterocycles. The lowest BCUT2D eigenvalue weighted by molar-refractivity contribution is 0.0900. The molecule has 0 heterocycles. The van der Waals surface area contributed by atoms with Gasteiger partial charge in [-0.1, -0.05) is 0 Å². The van der Waals surface area contributed by atoms with Crippen LogP contribution in [0.2, 0.25) is 0 Å². The van der Waals surface area contributed by atoms with Crippen molar-refractivity contribution >= 4 is 5.78 Å². The minimum absolute atomic E-state index is 0.0558. The second-order valence-corrected chi connectivity index (χ2v) is 2.74. The van der Waals surface area contributed by atoms with Crippen molar-refractivity contribution in [1.29, 1.82) is 0 Å². The number of rotatable bonds is 2. The molecule has 0 saturated heterocycles. The van der Waals surface area contributed by atoms with Crippen LogP contribution < -0.4 is 0 Å². The molecule has 0 saturated carbocycles. The Balaban J connectivity index is 3.28. The van der Waals surface area contributed by atoms with E-state index < -0.39 is 12.4 Å². The van der Waals surface area contributed by atoms with Crippen LogP contribution in [0.4, 0.5) is 0 Å². The van der Waals surface area contributed by atoms with E-state index in [1.54, 1.807) is 6.92 Å². The SMILES string of the molecule is Cc1cc(O)cc(O)c1C(=O)CO. The number of hydrogen-bond donors (Lipinski definition) is 3. The van der Waals surface area contributed by atoms with Crippen molar-refractivity contribution in [2.24, 2.45) is 0 Å². The molecule has 3 N–H and O–H groups in total. The quantitative estimate of drug-likeness (QED) is 0.584. The molecule has 70 valence electrons. The average Bonchev–Trinajstić information content (AvgIpc) is 2.02. The summed E-state index contributed by atoms with van der Waals surface area (Å²) in [5.74, 6) is -0.976. The number of hydrogen-bond acceptors (Lipinski definition) is 4. The molecule has 0 aliphatic carbocycles. The molecule has 0 aliphatic rings. The Kier molecular flexibility index (Phi) is 2.53. The van der Waals surface area contributed by atoms with Gasteiger partial charge in [-0.2, -0.15) is 0 Å².